The molecule has 0 spiro atoms. The SMILES string of the molecule is CCC(NC(=O)OCc1ccccc1)C(=O)Oc1ccc2c(oc(=O)c3cc(OC)ccc32)c1C. The van der Waals surface area contributed by atoms with Crippen molar-refractivity contribution in [3.63, 3.8) is 0 Å². The summed E-state index contributed by atoms with van der Waals surface area (Å²) in [6.07, 6.45) is -0.422. The minimum Gasteiger partial charge on any atom is -0.497 e. The van der Waals surface area contributed by atoms with Gasteiger partial charge < -0.3 is 23.9 Å². The van der Waals surface area contributed by atoms with Crippen molar-refractivity contribution < 1.29 is 28.2 Å². The number of alkyl carbamates (subject to hydrolysis) is 1. The second kappa shape index (κ2) is 10.3. The summed E-state index contributed by atoms with van der Waals surface area (Å²) in [4.78, 5) is 37.6. The Morgan fingerprint density at radius 2 is 1.74 bits per heavy atom. The molecule has 8 nitrogen and oxygen atoms in total. The van der Waals surface area contributed by atoms with E-state index in [1.54, 1.807) is 44.2 Å². The second-order valence-corrected chi connectivity index (χ2v) is 7.95. The van der Waals surface area contributed by atoms with Gasteiger partial charge in [0.2, 0.25) is 0 Å². The standard InChI is InChI=1S/C27H25NO7/c1-4-22(28-27(31)33-15-17-8-6-5-7-9-17)26(30)34-23-13-12-20-19-11-10-18(32-3)14-21(19)25(29)35-24(20)16(23)2/h5-14,22H,4,15H2,1-3H3,(H,28,31). The van der Waals surface area contributed by atoms with Crippen LogP contribution in [0.5, 0.6) is 11.5 Å². The Labute approximate surface area is 201 Å². The third-order valence-corrected chi connectivity index (χ3v) is 5.70. The molecule has 0 saturated carbocycles. The number of fused-ring (bicyclic) bond motifs is 3. The highest BCUT2D eigenvalue weighted by atomic mass is 16.6. The molecule has 35 heavy (non-hydrogen) atoms. The molecule has 4 aromatic rings. The first-order valence-corrected chi connectivity index (χ1v) is 11.1. The molecule has 8 heteroatoms. The van der Waals surface area contributed by atoms with E-state index in [-0.39, 0.29) is 12.4 Å². The van der Waals surface area contributed by atoms with Gasteiger partial charge in [-0.25, -0.2) is 14.4 Å². The van der Waals surface area contributed by atoms with Gasteiger partial charge in [0.25, 0.3) is 0 Å². The summed E-state index contributed by atoms with van der Waals surface area (Å²) in [6.45, 7) is 3.53. The summed E-state index contributed by atoms with van der Waals surface area (Å²) >= 11 is 0. The summed E-state index contributed by atoms with van der Waals surface area (Å²) in [5.41, 5.74) is 1.12. The molecule has 1 heterocycles. The lowest BCUT2D eigenvalue weighted by Gasteiger charge is -2.17. The molecule has 180 valence electrons. The molecule has 0 bridgehead atoms. The molecule has 0 aliphatic heterocycles. The van der Waals surface area contributed by atoms with Crippen molar-refractivity contribution in [3.05, 3.63) is 82.2 Å². The second-order valence-electron chi connectivity index (χ2n) is 7.95. The van der Waals surface area contributed by atoms with Gasteiger partial charge in [0.05, 0.1) is 12.5 Å². The fraction of sp³-hybridized carbons (Fsp3) is 0.222. The van der Waals surface area contributed by atoms with Gasteiger partial charge in [-0.05, 0) is 49.2 Å². The third kappa shape index (κ3) is 5.11. The average Bonchev–Trinajstić information content (AvgIpc) is 2.88. The van der Waals surface area contributed by atoms with Crippen molar-refractivity contribution >= 4 is 33.8 Å². The van der Waals surface area contributed by atoms with Crippen LogP contribution in [0.1, 0.15) is 24.5 Å². The molecule has 0 aliphatic rings. The molecule has 0 radical (unpaired) electrons. The number of rotatable bonds is 7. The molecule has 0 saturated heterocycles. The smallest absolute Gasteiger partial charge is 0.408 e. The minimum atomic E-state index is -0.913. The van der Waals surface area contributed by atoms with Crippen LogP contribution in [0, 0.1) is 6.92 Å². The van der Waals surface area contributed by atoms with Crippen molar-refractivity contribution in [1.82, 2.24) is 5.32 Å². The first-order valence-electron chi connectivity index (χ1n) is 11.1. The number of aryl methyl sites for hydroxylation is 1. The number of hydrogen-bond donors (Lipinski definition) is 1. The summed E-state index contributed by atoms with van der Waals surface area (Å²) in [6, 6.07) is 16.8. The van der Waals surface area contributed by atoms with Crippen molar-refractivity contribution in [1.29, 1.82) is 0 Å². The Bertz CT molecular complexity index is 1440. The van der Waals surface area contributed by atoms with Crippen LogP contribution in [-0.2, 0) is 16.1 Å². The average molecular weight is 475 g/mol. The Hall–Kier alpha value is -4.33. The fourth-order valence-electron chi connectivity index (χ4n) is 3.74. The van der Waals surface area contributed by atoms with Crippen molar-refractivity contribution in [2.75, 3.05) is 7.11 Å². The van der Waals surface area contributed by atoms with E-state index in [9.17, 15) is 14.4 Å². The topological polar surface area (TPSA) is 104 Å². The monoisotopic (exact) mass is 475 g/mol. The van der Waals surface area contributed by atoms with E-state index in [0.29, 0.717) is 39.5 Å². The van der Waals surface area contributed by atoms with E-state index in [0.717, 1.165) is 5.56 Å². The van der Waals surface area contributed by atoms with Gasteiger partial charge in [0.15, 0.2) is 0 Å². The number of benzene rings is 3. The summed E-state index contributed by atoms with van der Waals surface area (Å²) < 4.78 is 21.5. The van der Waals surface area contributed by atoms with Gasteiger partial charge in [-0.2, -0.15) is 0 Å². The van der Waals surface area contributed by atoms with Gasteiger partial charge in [0, 0.05) is 16.3 Å². The van der Waals surface area contributed by atoms with E-state index < -0.39 is 23.7 Å². The van der Waals surface area contributed by atoms with Gasteiger partial charge >= 0.3 is 17.7 Å². The molecule has 0 aliphatic carbocycles. The van der Waals surface area contributed by atoms with Gasteiger partial charge in [0.1, 0.15) is 29.7 Å². The number of ether oxygens (including phenoxy) is 3. The molecule has 0 fully saturated rings. The van der Waals surface area contributed by atoms with E-state index >= 15 is 0 Å². The van der Waals surface area contributed by atoms with Crippen LogP contribution in [0.3, 0.4) is 0 Å². The van der Waals surface area contributed by atoms with Gasteiger partial charge in [-0.15, -0.1) is 0 Å². The maximum absolute atomic E-state index is 12.8. The lowest BCUT2D eigenvalue weighted by molar-refractivity contribution is -0.136. The zero-order valence-electron chi connectivity index (χ0n) is 19.6. The third-order valence-electron chi connectivity index (χ3n) is 5.70. The number of carbonyl (C=O) groups is 2. The van der Waals surface area contributed by atoms with Gasteiger partial charge in [-0.3, -0.25) is 0 Å². The molecule has 1 amide bonds. The molecule has 1 atom stereocenters. The molecule has 1 N–H and O–H groups in total. The van der Waals surface area contributed by atoms with E-state index in [1.165, 1.54) is 7.11 Å². The van der Waals surface area contributed by atoms with Crippen LogP contribution in [-0.4, -0.2) is 25.2 Å². The zero-order chi connectivity index (χ0) is 24.9. The number of methoxy groups -OCH3 is 1. The maximum atomic E-state index is 12.8. The molecule has 4 rings (SSSR count). The Morgan fingerprint density at radius 3 is 2.46 bits per heavy atom. The first kappa shape index (κ1) is 23.8. The van der Waals surface area contributed by atoms with Crippen molar-refractivity contribution in [3.8, 4) is 11.5 Å². The van der Waals surface area contributed by atoms with Crippen LogP contribution >= 0.6 is 0 Å². The van der Waals surface area contributed by atoms with Crippen LogP contribution in [0.15, 0.2) is 69.9 Å². The summed E-state index contributed by atoms with van der Waals surface area (Å²) in [5.74, 6) is 0.128. The Kier molecular flexibility index (Phi) is 7.01. The molecular formula is C27H25NO7. The summed E-state index contributed by atoms with van der Waals surface area (Å²) in [7, 11) is 1.52. The Balaban J connectivity index is 1.52. The van der Waals surface area contributed by atoms with Crippen LogP contribution in [0.2, 0.25) is 0 Å². The number of hydrogen-bond acceptors (Lipinski definition) is 7. The molecule has 1 unspecified atom stereocenters. The number of carbonyl (C=O) groups excluding carboxylic acids is 2. The number of esters is 1. The predicted molar refractivity (Wildman–Crippen MR) is 131 cm³/mol. The van der Waals surface area contributed by atoms with Crippen molar-refractivity contribution in [2.45, 2.75) is 32.9 Å². The van der Waals surface area contributed by atoms with Crippen LogP contribution in [0.25, 0.3) is 21.7 Å². The van der Waals surface area contributed by atoms with Crippen molar-refractivity contribution in [2.24, 2.45) is 0 Å². The largest absolute Gasteiger partial charge is 0.497 e. The predicted octanol–water partition coefficient (Wildman–Crippen LogP) is 4.87. The van der Waals surface area contributed by atoms with Crippen LogP contribution < -0.4 is 20.4 Å². The fourth-order valence-corrected chi connectivity index (χ4v) is 3.74. The van der Waals surface area contributed by atoms with Crippen LogP contribution in [0.4, 0.5) is 4.79 Å². The highest BCUT2D eigenvalue weighted by molar-refractivity contribution is 6.06. The van der Waals surface area contributed by atoms with E-state index in [4.69, 9.17) is 18.6 Å². The molecule has 3 aromatic carbocycles. The zero-order valence-corrected chi connectivity index (χ0v) is 19.6. The number of nitrogens with one attached hydrogen (secondary N) is 1. The Morgan fingerprint density at radius 1 is 1.00 bits per heavy atom. The minimum absolute atomic E-state index is 0.0841. The first-order chi connectivity index (χ1) is 16.9. The van der Waals surface area contributed by atoms with E-state index in [2.05, 4.69) is 5.32 Å². The highest BCUT2D eigenvalue weighted by Crippen LogP contribution is 2.32. The van der Waals surface area contributed by atoms with Gasteiger partial charge in [-0.1, -0.05) is 37.3 Å². The molecule has 1 aromatic heterocycles. The highest BCUT2D eigenvalue weighted by Gasteiger charge is 2.23. The lowest BCUT2D eigenvalue weighted by Crippen LogP contribution is -2.42. The molecular weight excluding hydrogens is 450 g/mol. The quantitative estimate of drug-likeness (QED) is 0.176. The maximum Gasteiger partial charge on any atom is 0.408 e. The normalized spacial score (nSPS) is 11.7. The van der Waals surface area contributed by atoms with E-state index in [1.807, 2.05) is 30.3 Å². The summed E-state index contributed by atoms with van der Waals surface area (Å²) in [5, 5.41) is 4.33. The number of amides is 1. The lowest BCUT2D eigenvalue weighted by atomic mass is 10.0.